The van der Waals surface area contributed by atoms with Gasteiger partial charge in [-0.05, 0) is 35.6 Å². The van der Waals surface area contributed by atoms with Crippen LogP contribution in [0.1, 0.15) is 39.0 Å². The Hall–Kier alpha value is -1.09. The Bertz CT molecular complexity index is 424. The molecule has 0 spiro atoms. The van der Waals surface area contributed by atoms with Crippen molar-refractivity contribution in [2.75, 3.05) is 0 Å². The van der Waals surface area contributed by atoms with E-state index in [9.17, 15) is 5.26 Å². The molecule has 98 valence electrons. The van der Waals surface area contributed by atoms with Crippen LogP contribution < -0.4 is 0 Å². The van der Waals surface area contributed by atoms with Crippen LogP contribution in [0.25, 0.3) is 0 Å². The van der Waals surface area contributed by atoms with E-state index in [0.717, 1.165) is 23.9 Å². The summed E-state index contributed by atoms with van der Waals surface area (Å²) in [6.07, 6.45) is 5.82. The smallest absolute Gasteiger partial charge is 0.209 e. The number of nitrogens with zero attached hydrogens (tertiary/aromatic N) is 5. The Kier molecular flexibility index (Phi) is 4.59. The van der Waals surface area contributed by atoms with Crippen LogP contribution in [0.5, 0.6) is 0 Å². The van der Waals surface area contributed by atoms with Crippen LogP contribution in [0.2, 0.25) is 0 Å². The van der Waals surface area contributed by atoms with E-state index in [1.54, 1.807) is 16.4 Å². The lowest BCUT2D eigenvalue weighted by Gasteiger charge is -2.31. The Morgan fingerprint density at radius 2 is 2.33 bits per heavy atom. The number of nitriles is 1. The predicted molar refractivity (Wildman–Crippen MR) is 69.8 cm³/mol. The molecule has 1 aromatic rings. The van der Waals surface area contributed by atoms with Crippen LogP contribution in [0.3, 0.4) is 0 Å². The van der Waals surface area contributed by atoms with Gasteiger partial charge in [0, 0.05) is 12.3 Å². The van der Waals surface area contributed by atoms with E-state index in [1.165, 1.54) is 19.3 Å². The van der Waals surface area contributed by atoms with E-state index in [0.29, 0.717) is 5.25 Å². The molecule has 1 heterocycles. The van der Waals surface area contributed by atoms with E-state index in [1.807, 2.05) is 7.05 Å². The van der Waals surface area contributed by atoms with Gasteiger partial charge in [-0.1, -0.05) is 31.5 Å². The molecule has 1 aromatic heterocycles. The maximum atomic E-state index is 9.25. The van der Waals surface area contributed by atoms with Gasteiger partial charge < -0.3 is 0 Å². The highest BCUT2D eigenvalue weighted by Crippen LogP contribution is 2.40. The van der Waals surface area contributed by atoms with Crippen molar-refractivity contribution in [3.63, 3.8) is 0 Å². The van der Waals surface area contributed by atoms with Crippen molar-refractivity contribution in [2.45, 2.75) is 49.4 Å². The molecule has 0 aliphatic heterocycles. The largest absolute Gasteiger partial charge is 0.224 e. The van der Waals surface area contributed by atoms with Crippen molar-refractivity contribution in [1.82, 2.24) is 20.2 Å². The molecule has 0 aromatic carbocycles. The minimum Gasteiger partial charge on any atom is -0.224 e. The third-order valence-corrected chi connectivity index (χ3v) is 4.98. The maximum absolute atomic E-state index is 9.25. The molecule has 18 heavy (non-hydrogen) atoms. The van der Waals surface area contributed by atoms with Crippen LogP contribution in [-0.4, -0.2) is 25.5 Å². The zero-order valence-electron chi connectivity index (χ0n) is 10.9. The average molecular weight is 265 g/mol. The third-order valence-electron chi connectivity index (χ3n) is 3.60. The zero-order valence-corrected chi connectivity index (χ0v) is 11.7. The number of thioether (sulfide) groups is 1. The van der Waals surface area contributed by atoms with Gasteiger partial charge in [0.15, 0.2) is 0 Å². The lowest BCUT2D eigenvalue weighted by molar-refractivity contribution is 0.306. The Morgan fingerprint density at radius 1 is 1.50 bits per heavy atom. The van der Waals surface area contributed by atoms with Crippen molar-refractivity contribution in [3.8, 4) is 6.07 Å². The first-order valence-electron chi connectivity index (χ1n) is 6.53. The van der Waals surface area contributed by atoms with Gasteiger partial charge in [0.2, 0.25) is 5.16 Å². The molecule has 3 atom stereocenters. The average Bonchev–Trinajstić information content (AvgIpc) is 2.76. The Balaban J connectivity index is 2.03. The summed E-state index contributed by atoms with van der Waals surface area (Å²) in [6.45, 7) is 2.23. The number of tetrazole rings is 1. The molecule has 3 unspecified atom stereocenters. The molecular formula is C12H19N5S. The van der Waals surface area contributed by atoms with E-state index in [2.05, 4.69) is 28.5 Å². The van der Waals surface area contributed by atoms with Crippen LogP contribution in [-0.2, 0) is 7.05 Å². The molecule has 0 saturated heterocycles. The monoisotopic (exact) mass is 265 g/mol. The number of hydrogen-bond donors (Lipinski definition) is 0. The summed E-state index contributed by atoms with van der Waals surface area (Å²) in [5.74, 6) is 0.901. The summed E-state index contributed by atoms with van der Waals surface area (Å²) in [6, 6.07) is 2.45. The summed E-state index contributed by atoms with van der Waals surface area (Å²) in [5.41, 5.74) is 0. The highest BCUT2D eigenvalue weighted by molar-refractivity contribution is 7.99. The second kappa shape index (κ2) is 6.19. The first kappa shape index (κ1) is 13.3. The number of aromatic nitrogens is 4. The summed E-state index contributed by atoms with van der Waals surface area (Å²) >= 11 is 1.66. The van der Waals surface area contributed by atoms with Gasteiger partial charge >= 0.3 is 0 Å². The van der Waals surface area contributed by atoms with Gasteiger partial charge in [-0.25, -0.2) is 4.68 Å². The van der Waals surface area contributed by atoms with Crippen LogP contribution in [0.4, 0.5) is 0 Å². The van der Waals surface area contributed by atoms with E-state index < -0.39 is 0 Å². The van der Waals surface area contributed by atoms with Gasteiger partial charge in [-0.15, -0.1) is 5.10 Å². The molecule has 2 rings (SSSR count). The number of hydrogen-bond acceptors (Lipinski definition) is 5. The summed E-state index contributed by atoms with van der Waals surface area (Å²) in [4.78, 5) is 0. The minimum atomic E-state index is 0.139. The lowest BCUT2D eigenvalue weighted by Crippen LogP contribution is -2.26. The van der Waals surface area contributed by atoms with Gasteiger partial charge in [0.05, 0.1) is 12.0 Å². The second-order valence-electron chi connectivity index (χ2n) is 4.94. The van der Waals surface area contributed by atoms with E-state index >= 15 is 0 Å². The van der Waals surface area contributed by atoms with Crippen molar-refractivity contribution < 1.29 is 0 Å². The zero-order chi connectivity index (χ0) is 13.0. The van der Waals surface area contributed by atoms with E-state index in [4.69, 9.17) is 0 Å². The number of aryl methyl sites for hydroxylation is 1. The topological polar surface area (TPSA) is 67.4 Å². The normalized spacial score (nSPS) is 27.9. The lowest BCUT2D eigenvalue weighted by atomic mass is 9.80. The van der Waals surface area contributed by atoms with Crippen molar-refractivity contribution in [2.24, 2.45) is 18.9 Å². The molecule has 1 aliphatic carbocycles. The third kappa shape index (κ3) is 3.02. The van der Waals surface area contributed by atoms with Crippen molar-refractivity contribution in [1.29, 1.82) is 5.26 Å². The SMILES string of the molecule is CCCC1CCC(C#N)C(Sc2nnnn2C)C1. The van der Waals surface area contributed by atoms with Crippen molar-refractivity contribution in [3.05, 3.63) is 0 Å². The van der Waals surface area contributed by atoms with Crippen LogP contribution in [0.15, 0.2) is 5.16 Å². The molecule has 5 nitrogen and oxygen atoms in total. The molecule has 6 heteroatoms. The predicted octanol–water partition coefficient (Wildman–Crippen LogP) is 2.41. The summed E-state index contributed by atoms with van der Waals surface area (Å²) < 4.78 is 1.68. The molecule has 0 bridgehead atoms. The Morgan fingerprint density at radius 3 is 2.94 bits per heavy atom. The van der Waals surface area contributed by atoms with Crippen molar-refractivity contribution >= 4 is 11.8 Å². The van der Waals surface area contributed by atoms with Gasteiger partial charge in [-0.3, -0.25) is 0 Å². The molecule has 1 fully saturated rings. The highest BCUT2D eigenvalue weighted by Gasteiger charge is 2.32. The van der Waals surface area contributed by atoms with Gasteiger partial charge in [0.25, 0.3) is 0 Å². The second-order valence-corrected chi connectivity index (χ2v) is 6.15. The van der Waals surface area contributed by atoms with Gasteiger partial charge in [0.1, 0.15) is 0 Å². The molecule has 0 radical (unpaired) electrons. The molecule has 0 amide bonds. The maximum Gasteiger partial charge on any atom is 0.209 e. The quantitative estimate of drug-likeness (QED) is 0.836. The molecular weight excluding hydrogens is 246 g/mol. The number of rotatable bonds is 4. The van der Waals surface area contributed by atoms with Gasteiger partial charge in [-0.2, -0.15) is 5.26 Å². The first-order valence-corrected chi connectivity index (χ1v) is 7.41. The standard InChI is InChI=1S/C12H19N5S/c1-3-4-9-5-6-10(8-13)11(7-9)18-12-14-15-16-17(12)2/h9-11H,3-7H2,1-2H3. The fourth-order valence-corrected chi connectivity index (χ4v) is 3.89. The van der Waals surface area contributed by atoms with Crippen LogP contribution >= 0.6 is 11.8 Å². The molecule has 1 aliphatic rings. The fourth-order valence-electron chi connectivity index (χ4n) is 2.62. The molecule has 0 N–H and O–H groups in total. The highest BCUT2D eigenvalue weighted by atomic mass is 32.2. The van der Waals surface area contributed by atoms with E-state index in [-0.39, 0.29) is 5.92 Å². The Labute approximate surface area is 112 Å². The fraction of sp³-hybridized carbons (Fsp3) is 0.833. The molecule has 1 saturated carbocycles. The minimum absolute atomic E-state index is 0.139. The summed E-state index contributed by atoms with van der Waals surface area (Å²) in [7, 11) is 1.84. The first-order chi connectivity index (χ1) is 8.74. The summed E-state index contributed by atoms with van der Waals surface area (Å²) in [5, 5.41) is 21.9. The van der Waals surface area contributed by atoms with Crippen LogP contribution in [0, 0.1) is 23.2 Å².